The highest BCUT2D eigenvalue weighted by atomic mass is 16.3. The Morgan fingerprint density at radius 3 is 2.59 bits per heavy atom. The third kappa shape index (κ3) is 2.98. The smallest absolute Gasteiger partial charge is 0.255 e. The van der Waals surface area contributed by atoms with Crippen molar-refractivity contribution in [3.63, 3.8) is 0 Å². The van der Waals surface area contributed by atoms with E-state index >= 15 is 0 Å². The molecule has 0 aliphatic carbocycles. The molecule has 0 saturated carbocycles. The molecule has 5 aromatic rings. The Kier molecular flexibility index (Phi) is 3.98. The number of tetrazole rings is 1. The largest absolute Gasteiger partial charge is 0.493 e. The van der Waals surface area contributed by atoms with Gasteiger partial charge in [-0.25, -0.2) is 9.61 Å². The van der Waals surface area contributed by atoms with Crippen LogP contribution in [0.5, 0.6) is 5.88 Å². The molecule has 0 unspecified atom stereocenters. The van der Waals surface area contributed by atoms with E-state index in [-0.39, 0.29) is 5.88 Å². The molecule has 142 valence electrons. The Balaban J connectivity index is 1.48. The molecule has 9 nitrogen and oxygen atoms in total. The van der Waals surface area contributed by atoms with Crippen LogP contribution in [0.25, 0.3) is 28.3 Å². The van der Waals surface area contributed by atoms with Crippen molar-refractivity contribution in [1.29, 1.82) is 0 Å². The van der Waals surface area contributed by atoms with Gasteiger partial charge >= 0.3 is 0 Å². The summed E-state index contributed by atoms with van der Waals surface area (Å²) in [6, 6.07) is 16.1. The monoisotopic (exact) mass is 384 g/mol. The van der Waals surface area contributed by atoms with Crippen LogP contribution in [0, 0.1) is 6.92 Å². The second-order valence-corrected chi connectivity index (χ2v) is 6.64. The molecule has 3 aromatic heterocycles. The van der Waals surface area contributed by atoms with E-state index in [1.165, 1.54) is 6.33 Å². The van der Waals surface area contributed by atoms with Crippen molar-refractivity contribution in [3.8, 4) is 28.4 Å². The number of aromatic nitrogens is 8. The van der Waals surface area contributed by atoms with Crippen molar-refractivity contribution in [2.75, 3.05) is 0 Å². The lowest BCUT2D eigenvalue weighted by Gasteiger charge is -2.11. The first-order valence-electron chi connectivity index (χ1n) is 9.01. The second-order valence-electron chi connectivity index (χ2n) is 6.64. The Hall–Kier alpha value is -4.14. The Labute approximate surface area is 165 Å². The van der Waals surface area contributed by atoms with Gasteiger partial charge < -0.3 is 5.11 Å². The van der Waals surface area contributed by atoms with Gasteiger partial charge in [-0.3, -0.25) is 0 Å². The maximum absolute atomic E-state index is 10.3. The molecule has 0 amide bonds. The standard InChI is InChI=1S/C20H16N8O/c1-12-17(19(29)23-20-21-11-22-28(12)20)10-13-6-8-14(9-7-13)15-4-2-3-5-16(15)18-24-26-27-25-18/h2-9,11H,10H2,1H3,(H,21,22,23,29)(H,24,25,26,27). The average molecular weight is 384 g/mol. The predicted molar refractivity (Wildman–Crippen MR) is 105 cm³/mol. The summed E-state index contributed by atoms with van der Waals surface area (Å²) in [7, 11) is 0. The molecule has 0 aliphatic rings. The lowest BCUT2D eigenvalue weighted by atomic mass is 9.96. The van der Waals surface area contributed by atoms with Crippen LogP contribution in [-0.4, -0.2) is 45.3 Å². The predicted octanol–water partition coefficient (Wildman–Crippen LogP) is 2.58. The van der Waals surface area contributed by atoms with E-state index in [2.05, 4.69) is 35.7 Å². The van der Waals surface area contributed by atoms with E-state index in [4.69, 9.17) is 0 Å². The molecule has 3 heterocycles. The summed E-state index contributed by atoms with van der Waals surface area (Å²) in [4.78, 5) is 8.15. The number of hydrogen-bond donors (Lipinski definition) is 2. The minimum atomic E-state index is -0.0183. The van der Waals surface area contributed by atoms with Crippen LogP contribution < -0.4 is 0 Å². The summed E-state index contributed by atoms with van der Waals surface area (Å²) in [6.45, 7) is 1.90. The van der Waals surface area contributed by atoms with Crippen LogP contribution in [0.1, 0.15) is 16.8 Å². The van der Waals surface area contributed by atoms with Gasteiger partial charge in [0.25, 0.3) is 5.78 Å². The zero-order valence-electron chi connectivity index (χ0n) is 15.5. The van der Waals surface area contributed by atoms with Gasteiger partial charge in [-0.1, -0.05) is 48.5 Å². The molecule has 0 saturated heterocycles. The van der Waals surface area contributed by atoms with Crippen LogP contribution >= 0.6 is 0 Å². The van der Waals surface area contributed by atoms with Gasteiger partial charge in [0.05, 0.1) is 5.69 Å². The Morgan fingerprint density at radius 1 is 1.03 bits per heavy atom. The Morgan fingerprint density at radius 2 is 1.83 bits per heavy atom. The maximum Gasteiger partial charge on any atom is 0.255 e. The third-order valence-electron chi connectivity index (χ3n) is 4.93. The van der Waals surface area contributed by atoms with Crippen molar-refractivity contribution < 1.29 is 5.11 Å². The first kappa shape index (κ1) is 17.0. The number of nitrogens with zero attached hydrogens (tertiary/aromatic N) is 7. The highest BCUT2D eigenvalue weighted by Crippen LogP contribution is 2.30. The van der Waals surface area contributed by atoms with Gasteiger partial charge in [-0.2, -0.15) is 15.1 Å². The van der Waals surface area contributed by atoms with Crippen molar-refractivity contribution in [2.45, 2.75) is 13.3 Å². The number of benzene rings is 2. The minimum absolute atomic E-state index is 0.0183. The van der Waals surface area contributed by atoms with Crippen molar-refractivity contribution >= 4 is 5.78 Å². The van der Waals surface area contributed by atoms with Gasteiger partial charge in [0.1, 0.15) is 6.33 Å². The molecular formula is C20H16N8O. The van der Waals surface area contributed by atoms with Gasteiger partial charge in [0, 0.05) is 17.5 Å². The first-order valence-corrected chi connectivity index (χ1v) is 9.01. The summed E-state index contributed by atoms with van der Waals surface area (Å²) in [5.41, 5.74) is 5.60. The highest BCUT2D eigenvalue weighted by molar-refractivity contribution is 5.80. The van der Waals surface area contributed by atoms with Gasteiger partial charge in [0.2, 0.25) is 5.88 Å². The van der Waals surface area contributed by atoms with Crippen LogP contribution in [0.4, 0.5) is 0 Å². The third-order valence-corrected chi connectivity index (χ3v) is 4.93. The summed E-state index contributed by atoms with van der Waals surface area (Å²) in [6.07, 6.45) is 1.96. The van der Waals surface area contributed by atoms with Gasteiger partial charge in [-0.15, -0.1) is 5.10 Å². The van der Waals surface area contributed by atoms with Gasteiger partial charge in [-0.05, 0) is 34.0 Å². The number of fused-ring (bicyclic) bond motifs is 1. The quantitative estimate of drug-likeness (QED) is 0.489. The lowest BCUT2D eigenvalue weighted by molar-refractivity contribution is 0.445. The average Bonchev–Trinajstić information content (AvgIpc) is 3.44. The SMILES string of the molecule is Cc1c(Cc2ccc(-c3ccccc3-c3nnn[nH]3)cc2)c(O)nc2ncnn12. The van der Waals surface area contributed by atoms with Crippen molar-refractivity contribution in [1.82, 2.24) is 40.2 Å². The van der Waals surface area contributed by atoms with Crippen LogP contribution in [-0.2, 0) is 6.42 Å². The van der Waals surface area contributed by atoms with Crippen LogP contribution in [0.2, 0.25) is 0 Å². The maximum atomic E-state index is 10.3. The van der Waals surface area contributed by atoms with Crippen LogP contribution in [0.3, 0.4) is 0 Å². The number of aryl methyl sites for hydroxylation is 1. The number of H-pyrrole nitrogens is 1. The lowest BCUT2D eigenvalue weighted by Crippen LogP contribution is -2.03. The molecule has 9 heteroatoms. The number of nitrogens with one attached hydrogen (secondary N) is 1. The molecule has 0 fully saturated rings. The first-order chi connectivity index (χ1) is 14.2. The van der Waals surface area contributed by atoms with E-state index in [0.29, 0.717) is 18.0 Å². The molecule has 0 aliphatic heterocycles. The van der Waals surface area contributed by atoms with Gasteiger partial charge in [0.15, 0.2) is 5.82 Å². The molecule has 2 N–H and O–H groups in total. The highest BCUT2D eigenvalue weighted by Gasteiger charge is 2.14. The molecule has 0 radical (unpaired) electrons. The van der Waals surface area contributed by atoms with E-state index in [1.807, 2.05) is 55.5 Å². The fourth-order valence-electron chi connectivity index (χ4n) is 3.43. The van der Waals surface area contributed by atoms with Crippen molar-refractivity contribution in [3.05, 3.63) is 71.7 Å². The summed E-state index contributed by atoms with van der Waals surface area (Å²) >= 11 is 0. The molecule has 0 bridgehead atoms. The zero-order chi connectivity index (χ0) is 19.8. The Bertz CT molecular complexity index is 1290. The molecule has 29 heavy (non-hydrogen) atoms. The number of aromatic amines is 1. The summed E-state index contributed by atoms with van der Waals surface area (Å²) in [5.74, 6) is 0.991. The number of rotatable bonds is 4. The topological polar surface area (TPSA) is 118 Å². The zero-order valence-corrected chi connectivity index (χ0v) is 15.5. The molecule has 0 spiro atoms. The molecule has 2 aromatic carbocycles. The fraction of sp³-hybridized carbons (Fsp3) is 0.100. The number of hydrogen-bond acceptors (Lipinski definition) is 7. The minimum Gasteiger partial charge on any atom is -0.493 e. The molecule has 0 atom stereocenters. The fourth-order valence-corrected chi connectivity index (χ4v) is 3.43. The van der Waals surface area contributed by atoms with E-state index in [1.54, 1.807) is 4.52 Å². The molecule has 5 rings (SSSR count). The van der Waals surface area contributed by atoms with Crippen LogP contribution in [0.15, 0.2) is 54.9 Å². The van der Waals surface area contributed by atoms with E-state index in [9.17, 15) is 5.11 Å². The van der Waals surface area contributed by atoms with E-state index in [0.717, 1.165) is 33.5 Å². The summed E-state index contributed by atoms with van der Waals surface area (Å²) < 4.78 is 1.63. The second kappa shape index (κ2) is 6.79. The normalized spacial score (nSPS) is 11.2. The van der Waals surface area contributed by atoms with Crippen molar-refractivity contribution in [2.24, 2.45) is 0 Å². The molecular weight excluding hydrogens is 368 g/mol. The van der Waals surface area contributed by atoms with E-state index < -0.39 is 0 Å². The number of aromatic hydroxyl groups is 1. The summed E-state index contributed by atoms with van der Waals surface area (Å²) in [5, 5.41) is 28.7.